The van der Waals surface area contributed by atoms with E-state index in [4.69, 9.17) is 9.47 Å². The summed E-state index contributed by atoms with van der Waals surface area (Å²) in [6.07, 6.45) is 4.34. The Labute approximate surface area is 170 Å². The van der Waals surface area contributed by atoms with E-state index in [-0.39, 0.29) is 11.9 Å². The molecule has 0 spiro atoms. The minimum absolute atomic E-state index is 0.0240. The molecule has 5 heteroatoms. The molecule has 1 aliphatic rings. The maximum absolute atomic E-state index is 13.3. The van der Waals surface area contributed by atoms with Crippen molar-refractivity contribution in [1.29, 1.82) is 0 Å². The van der Waals surface area contributed by atoms with Crippen molar-refractivity contribution >= 4 is 11.6 Å². The lowest BCUT2D eigenvalue weighted by Gasteiger charge is -2.23. The Balaban J connectivity index is 1.58. The lowest BCUT2D eigenvalue weighted by atomic mass is 10.1. The molecule has 1 unspecified atom stereocenters. The van der Waals surface area contributed by atoms with E-state index in [0.717, 1.165) is 17.7 Å². The third-order valence-corrected chi connectivity index (χ3v) is 5.06. The Morgan fingerprint density at radius 3 is 2.66 bits per heavy atom. The van der Waals surface area contributed by atoms with Crippen LogP contribution in [0, 0.1) is 0 Å². The summed E-state index contributed by atoms with van der Waals surface area (Å²) in [5.41, 5.74) is 3.80. The average Bonchev–Trinajstić information content (AvgIpc) is 3.09. The molecule has 1 aromatic heterocycles. The number of benzene rings is 2. The number of amides is 1. The Morgan fingerprint density at radius 1 is 1.07 bits per heavy atom. The van der Waals surface area contributed by atoms with Gasteiger partial charge in [-0.25, -0.2) is 0 Å². The smallest absolute Gasteiger partial charge is 0.258 e. The van der Waals surface area contributed by atoms with Crippen LogP contribution < -0.4 is 14.4 Å². The van der Waals surface area contributed by atoms with E-state index in [2.05, 4.69) is 18.0 Å². The molecule has 0 aliphatic carbocycles. The Hall–Kier alpha value is -3.34. The molecular weight excluding hydrogens is 364 g/mol. The van der Waals surface area contributed by atoms with E-state index in [0.29, 0.717) is 30.3 Å². The highest BCUT2D eigenvalue weighted by atomic mass is 16.5. The zero-order chi connectivity index (χ0) is 20.2. The van der Waals surface area contributed by atoms with Gasteiger partial charge in [0.1, 0.15) is 6.61 Å². The third-order valence-electron chi connectivity index (χ3n) is 5.06. The first-order valence-electron chi connectivity index (χ1n) is 9.87. The number of rotatable bonds is 6. The summed E-state index contributed by atoms with van der Waals surface area (Å²) in [5, 5.41) is 0. The van der Waals surface area contributed by atoms with Gasteiger partial charge in [0, 0.05) is 29.7 Å². The van der Waals surface area contributed by atoms with Gasteiger partial charge in [-0.2, -0.15) is 0 Å². The molecule has 1 aliphatic heterocycles. The van der Waals surface area contributed by atoms with Gasteiger partial charge >= 0.3 is 0 Å². The minimum atomic E-state index is -0.0240. The zero-order valence-corrected chi connectivity index (χ0v) is 16.7. The molecule has 148 valence electrons. The summed E-state index contributed by atoms with van der Waals surface area (Å²) in [6.45, 7) is 4.89. The molecule has 5 nitrogen and oxygen atoms in total. The molecule has 0 saturated carbocycles. The van der Waals surface area contributed by atoms with Crippen molar-refractivity contribution in [1.82, 2.24) is 4.98 Å². The molecule has 0 bridgehead atoms. The van der Waals surface area contributed by atoms with Crippen LogP contribution in [0.1, 0.15) is 35.3 Å². The molecule has 3 aromatic rings. The first kappa shape index (κ1) is 19.0. The van der Waals surface area contributed by atoms with Gasteiger partial charge in [-0.05, 0) is 67.8 Å². The lowest BCUT2D eigenvalue weighted by Crippen LogP contribution is -2.35. The average molecular weight is 388 g/mol. The van der Waals surface area contributed by atoms with Gasteiger partial charge in [0.2, 0.25) is 0 Å². The van der Waals surface area contributed by atoms with Crippen molar-refractivity contribution in [3.05, 3.63) is 83.7 Å². The highest BCUT2D eigenvalue weighted by Gasteiger charge is 2.31. The van der Waals surface area contributed by atoms with E-state index in [1.54, 1.807) is 24.5 Å². The summed E-state index contributed by atoms with van der Waals surface area (Å²) in [6, 6.07) is 17.4. The van der Waals surface area contributed by atoms with Crippen LogP contribution in [0.15, 0.2) is 67.0 Å². The molecule has 0 radical (unpaired) electrons. The maximum atomic E-state index is 13.3. The molecule has 0 fully saturated rings. The largest absolute Gasteiger partial charge is 0.490 e. The number of pyridine rings is 1. The predicted octanol–water partition coefficient (Wildman–Crippen LogP) is 4.65. The van der Waals surface area contributed by atoms with Crippen molar-refractivity contribution in [2.24, 2.45) is 0 Å². The molecule has 1 atom stereocenters. The van der Waals surface area contributed by atoms with E-state index >= 15 is 0 Å². The summed E-state index contributed by atoms with van der Waals surface area (Å²) < 4.78 is 11.7. The fraction of sp³-hybridized carbons (Fsp3) is 0.250. The topological polar surface area (TPSA) is 51.7 Å². The SMILES string of the molecule is CCOc1cc(C(=O)N2c3ccccc3CC2C)ccc1OCc1ccncc1. The lowest BCUT2D eigenvalue weighted by molar-refractivity contribution is 0.0981. The van der Waals surface area contributed by atoms with Crippen molar-refractivity contribution < 1.29 is 14.3 Å². The molecule has 2 heterocycles. The standard InChI is InChI=1S/C24H24N2O3/c1-3-28-23-15-20(8-9-22(23)29-16-18-10-12-25-13-11-18)24(27)26-17(2)14-19-6-4-5-7-21(19)26/h4-13,15,17H,3,14,16H2,1-2H3. The highest BCUT2D eigenvalue weighted by molar-refractivity contribution is 6.08. The van der Waals surface area contributed by atoms with Gasteiger partial charge in [-0.1, -0.05) is 18.2 Å². The summed E-state index contributed by atoms with van der Waals surface area (Å²) in [7, 11) is 0. The number of hydrogen-bond acceptors (Lipinski definition) is 4. The van der Waals surface area contributed by atoms with Crippen molar-refractivity contribution in [3.63, 3.8) is 0 Å². The Bertz CT molecular complexity index is 1000. The van der Waals surface area contributed by atoms with Crippen LogP contribution in [0.25, 0.3) is 0 Å². The monoisotopic (exact) mass is 388 g/mol. The molecule has 0 saturated heterocycles. The van der Waals surface area contributed by atoms with Crippen LogP contribution in [-0.2, 0) is 13.0 Å². The van der Waals surface area contributed by atoms with Crippen LogP contribution >= 0.6 is 0 Å². The van der Waals surface area contributed by atoms with Gasteiger partial charge in [-0.15, -0.1) is 0 Å². The van der Waals surface area contributed by atoms with Crippen LogP contribution in [0.4, 0.5) is 5.69 Å². The quantitative estimate of drug-likeness (QED) is 0.617. The van der Waals surface area contributed by atoms with Gasteiger partial charge in [0.25, 0.3) is 5.91 Å². The molecule has 1 amide bonds. The fourth-order valence-corrected chi connectivity index (χ4v) is 3.68. The van der Waals surface area contributed by atoms with Crippen molar-refractivity contribution in [3.8, 4) is 11.5 Å². The Morgan fingerprint density at radius 2 is 1.86 bits per heavy atom. The van der Waals surface area contributed by atoms with Gasteiger partial charge in [0.15, 0.2) is 11.5 Å². The van der Waals surface area contributed by atoms with E-state index in [9.17, 15) is 4.79 Å². The molecule has 0 N–H and O–H groups in total. The normalized spacial score (nSPS) is 15.1. The number of hydrogen-bond donors (Lipinski definition) is 0. The Kier molecular flexibility index (Phi) is 5.47. The first-order chi connectivity index (χ1) is 14.2. The summed E-state index contributed by atoms with van der Waals surface area (Å²) >= 11 is 0. The third kappa shape index (κ3) is 3.94. The van der Waals surface area contributed by atoms with E-state index in [1.165, 1.54) is 5.56 Å². The maximum Gasteiger partial charge on any atom is 0.258 e. The second kappa shape index (κ2) is 8.35. The van der Waals surface area contributed by atoms with Gasteiger partial charge in [-0.3, -0.25) is 9.78 Å². The molecule has 29 heavy (non-hydrogen) atoms. The van der Waals surface area contributed by atoms with Crippen LogP contribution in [-0.4, -0.2) is 23.5 Å². The molecule has 4 rings (SSSR count). The number of carbonyl (C=O) groups excluding carboxylic acids is 1. The van der Waals surface area contributed by atoms with Gasteiger partial charge in [0.05, 0.1) is 6.61 Å². The number of nitrogens with zero attached hydrogens (tertiary/aromatic N) is 2. The first-order valence-corrected chi connectivity index (χ1v) is 9.87. The number of fused-ring (bicyclic) bond motifs is 1. The van der Waals surface area contributed by atoms with Crippen LogP contribution in [0.2, 0.25) is 0 Å². The van der Waals surface area contributed by atoms with E-state index < -0.39 is 0 Å². The van der Waals surface area contributed by atoms with Crippen molar-refractivity contribution in [2.75, 3.05) is 11.5 Å². The van der Waals surface area contributed by atoms with Crippen LogP contribution in [0.3, 0.4) is 0 Å². The zero-order valence-electron chi connectivity index (χ0n) is 16.7. The highest BCUT2D eigenvalue weighted by Crippen LogP contribution is 2.35. The second-order valence-corrected chi connectivity index (χ2v) is 7.10. The fourth-order valence-electron chi connectivity index (χ4n) is 3.68. The molecule has 2 aromatic carbocycles. The number of aromatic nitrogens is 1. The van der Waals surface area contributed by atoms with Crippen molar-refractivity contribution in [2.45, 2.75) is 32.9 Å². The molecular formula is C24H24N2O3. The number of para-hydroxylation sites is 1. The number of ether oxygens (including phenoxy) is 2. The van der Waals surface area contributed by atoms with Gasteiger partial charge < -0.3 is 14.4 Å². The summed E-state index contributed by atoms with van der Waals surface area (Å²) in [4.78, 5) is 19.2. The number of anilines is 1. The second-order valence-electron chi connectivity index (χ2n) is 7.10. The number of carbonyl (C=O) groups is 1. The van der Waals surface area contributed by atoms with E-state index in [1.807, 2.05) is 48.2 Å². The minimum Gasteiger partial charge on any atom is -0.490 e. The summed E-state index contributed by atoms with van der Waals surface area (Å²) in [5.74, 6) is 1.17. The predicted molar refractivity (Wildman–Crippen MR) is 113 cm³/mol. The van der Waals surface area contributed by atoms with Crippen LogP contribution in [0.5, 0.6) is 11.5 Å².